The third kappa shape index (κ3) is 3.30. The number of pyridine rings is 1. The van der Waals surface area contributed by atoms with E-state index in [0.29, 0.717) is 5.15 Å². The first kappa shape index (κ1) is 15.0. The summed E-state index contributed by atoms with van der Waals surface area (Å²) < 4.78 is 1.71. The molecule has 1 fully saturated rings. The number of aliphatic hydroxyl groups excluding tert-OH is 1. The number of aliphatic hydroxyl groups is 1. The van der Waals surface area contributed by atoms with Crippen LogP contribution >= 0.6 is 11.6 Å². The average molecular weight is 317 g/mol. The largest absolute Gasteiger partial charge is 0.391 e. The van der Waals surface area contributed by atoms with Crippen LogP contribution in [0.4, 0.5) is 0 Å². The van der Waals surface area contributed by atoms with Gasteiger partial charge in [0, 0.05) is 25.0 Å². The third-order valence-corrected chi connectivity index (χ3v) is 3.92. The van der Waals surface area contributed by atoms with Crippen molar-refractivity contribution in [3.8, 4) is 11.8 Å². The zero-order valence-corrected chi connectivity index (χ0v) is 13.0. The number of piperidine rings is 1. The first-order chi connectivity index (χ1) is 10.6. The van der Waals surface area contributed by atoms with Crippen molar-refractivity contribution in [3.05, 3.63) is 46.5 Å². The van der Waals surface area contributed by atoms with E-state index in [9.17, 15) is 5.11 Å². The lowest BCUT2D eigenvalue weighted by molar-refractivity contribution is 0.0964. The number of aryl methyl sites for hydroxylation is 1. The number of hydrogen-bond acceptors (Lipinski definition) is 4. The first-order valence-corrected chi connectivity index (χ1v) is 7.59. The molecule has 3 rings (SSSR count). The summed E-state index contributed by atoms with van der Waals surface area (Å²) in [6, 6.07) is 1.62. The highest BCUT2D eigenvalue weighted by atomic mass is 35.5. The van der Waals surface area contributed by atoms with Crippen molar-refractivity contribution in [3.63, 3.8) is 0 Å². The fourth-order valence-electron chi connectivity index (χ4n) is 2.62. The van der Waals surface area contributed by atoms with Crippen LogP contribution in [0.2, 0.25) is 5.15 Å². The molecule has 2 aromatic rings. The number of hydrogen-bond donors (Lipinski definition) is 2. The highest BCUT2D eigenvalue weighted by Gasteiger charge is 2.26. The van der Waals surface area contributed by atoms with E-state index < -0.39 is 6.10 Å². The van der Waals surface area contributed by atoms with E-state index in [-0.39, 0.29) is 6.04 Å². The van der Waals surface area contributed by atoms with Gasteiger partial charge in [-0.25, -0.2) is 4.98 Å². The Labute approximate surface area is 134 Å². The van der Waals surface area contributed by atoms with Crippen LogP contribution in [0.25, 0.3) is 0 Å². The molecule has 5 nitrogen and oxygen atoms in total. The van der Waals surface area contributed by atoms with Crippen molar-refractivity contribution in [1.82, 2.24) is 20.1 Å². The van der Waals surface area contributed by atoms with Crippen LogP contribution < -0.4 is 5.32 Å². The molecule has 1 aliphatic rings. The van der Waals surface area contributed by atoms with Gasteiger partial charge in [-0.3, -0.25) is 4.68 Å². The van der Waals surface area contributed by atoms with Gasteiger partial charge in [0.1, 0.15) is 5.15 Å². The molecule has 0 saturated carbocycles. The molecule has 2 unspecified atom stereocenters. The van der Waals surface area contributed by atoms with Crippen molar-refractivity contribution >= 4 is 11.6 Å². The Morgan fingerprint density at radius 1 is 1.41 bits per heavy atom. The van der Waals surface area contributed by atoms with E-state index in [2.05, 4.69) is 27.2 Å². The molecule has 0 radical (unpaired) electrons. The molecule has 2 aromatic heterocycles. The lowest BCUT2D eigenvalue weighted by Gasteiger charge is -2.30. The Kier molecular flexibility index (Phi) is 4.44. The maximum absolute atomic E-state index is 10.2. The Balaban J connectivity index is 1.96. The van der Waals surface area contributed by atoms with Crippen LogP contribution in [0.3, 0.4) is 0 Å². The average Bonchev–Trinajstić information content (AvgIpc) is 2.92. The fourth-order valence-corrected chi connectivity index (χ4v) is 2.79. The zero-order chi connectivity index (χ0) is 15.5. The second-order valence-corrected chi connectivity index (χ2v) is 5.78. The van der Waals surface area contributed by atoms with Gasteiger partial charge >= 0.3 is 0 Å². The van der Waals surface area contributed by atoms with Gasteiger partial charge in [0.05, 0.1) is 23.9 Å². The molecule has 6 heteroatoms. The van der Waals surface area contributed by atoms with Crippen LogP contribution in [0.15, 0.2) is 24.7 Å². The molecule has 3 heterocycles. The molecule has 2 N–H and O–H groups in total. The maximum Gasteiger partial charge on any atom is 0.129 e. The molecule has 114 valence electrons. The Hall–Kier alpha value is -1.87. The molecule has 0 aliphatic carbocycles. The van der Waals surface area contributed by atoms with E-state index in [1.54, 1.807) is 23.1 Å². The molecule has 1 saturated heterocycles. The topological polar surface area (TPSA) is 63.0 Å². The fraction of sp³-hybridized carbons (Fsp3) is 0.375. The second-order valence-electron chi connectivity index (χ2n) is 5.39. The molecule has 1 aliphatic heterocycles. The summed E-state index contributed by atoms with van der Waals surface area (Å²) in [7, 11) is 1.85. The van der Waals surface area contributed by atoms with Gasteiger partial charge in [0.15, 0.2) is 0 Å². The van der Waals surface area contributed by atoms with Gasteiger partial charge in [0.25, 0.3) is 0 Å². The summed E-state index contributed by atoms with van der Waals surface area (Å²) in [5.41, 5.74) is 2.50. The van der Waals surface area contributed by atoms with Gasteiger partial charge in [-0.2, -0.15) is 5.10 Å². The monoisotopic (exact) mass is 316 g/mol. The van der Waals surface area contributed by atoms with E-state index in [1.165, 1.54) is 0 Å². The van der Waals surface area contributed by atoms with Crippen molar-refractivity contribution in [2.75, 3.05) is 6.54 Å². The summed E-state index contributed by atoms with van der Waals surface area (Å²) in [6.45, 7) is 0.872. The minimum absolute atomic E-state index is 0.160. The Bertz CT molecular complexity index is 731. The molecular weight excluding hydrogens is 300 g/mol. The van der Waals surface area contributed by atoms with E-state index >= 15 is 0 Å². The number of rotatable bonds is 1. The smallest absolute Gasteiger partial charge is 0.129 e. The molecule has 0 aromatic carbocycles. The van der Waals surface area contributed by atoms with E-state index in [1.807, 2.05) is 13.2 Å². The quantitative estimate of drug-likeness (QED) is 0.620. The van der Waals surface area contributed by atoms with Gasteiger partial charge < -0.3 is 10.4 Å². The Morgan fingerprint density at radius 3 is 3.00 bits per heavy atom. The highest BCUT2D eigenvalue weighted by molar-refractivity contribution is 6.29. The van der Waals surface area contributed by atoms with Crippen molar-refractivity contribution < 1.29 is 5.11 Å². The van der Waals surface area contributed by atoms with E-state index in [0.717, 1.165) is 36.1 Å². The predicted octanol–water partition coefficient (Wildman–Crippen LogP) is 1.65. The summed E-state index contributed by atoms with van der Waals surface area (Å²) in [5.74, 6) is 6.18. The first-order valence-electron chi connectivity index (χ1n) is 7.21. The maximum atomic E-state index is 10.2. The van der Waals surface area contributed by atoms with Crippen LogP contribution in [-0.2, 0) is 7.05 Å². The molecule has 0 bridgehead atoms. The summed E-state index contributed by atoms with van der Waals surface area (Å²) in [5, 5.41) is 18.1. The number of nitrogens with zero attached hydrogens (tertiary/aromatic N) is 3. The van der Waals surface area contributed by atoms with Crippen LogP contribution in [0.5, 0.6) is 0 Å². The zero-order valence-electron chi connectivity index (χ0n) is 12.3. The summed E-state index contributed by atoms with van der Waals surface area (Å²) >= 11 is 6.02. The number of nitrogens with one attached hydrogen (secondary N) is 1. The predicted molar refractivity (Wildman–Crippen MR) is 84.4 cm³/mol. The summed E-state index contributed by atoms with van der Waals surface area (Å²) in [6.07, 6.45) is 6.52. The standard InChI is InChI=1S/C16H17ClN4O/c1-21-10-11(8-20-21)4-5-12-9-19-15(17)7-13(12)16-14(22)3-2-6-18-16/h7-10,14,16,18,22H,2-3,6H2,1H3. The number of halogens is 1. The Morgan fingerprint density at radius 2 is 2.27 bits per heavy atom. The molecule has 22 heavy (non-hydrogen) atoms. The molecule has 2 atom stereocenters. The SMILES string of the molecule is Cn1cc(C#Cc2cnc(Cl)cc2C2NCCCC2O)cn1. The molecule has 0 spiro atoms. The minimum atomic E-state index is -0.439. The van der Waals surface area contributed by atoms with Crippen molar-refractivity contribution in [1.29, 1.82) is 0 Å². The van der Waals surface area contributed by atoms with Gasteiger partial charge in [-0.15, -0.1) is 0 Å². The summed E-state index contributed by atoms with van der Waals surface area (Å²) in [4.78, 5) is 4.11. The van der Waals surface area contributed by atoms with Crippen molar-refractivity contribution in [2.24, 2.45) is 7.05 Å². The van der Waals surface area contributed by atoms with Crippen LogP contribution in [0, 0.1) is 11.8 Å². The normalized spacial score (nSPS) is 21.2. The van der Waals surface area contributed by atoms with Crippen LogP contribution in [-0.4, -0.2) is 32.5 Å². The second kappa shape index (κ2) is 6.49. The van der Waals surface area contributed by atoms with Crippen molar-refractivity contribution in [2.45, 2.75) is 25.0 Å². The van der Waals surface area contributed by atoms with Gasteiger partial charge in [-0.1, -0.05) is 23.4 Å². The van der Waals surface area contributed by atoms with E-state index in [4.69, 9.17) is 11.6 Å². The number of aromatic nitrogens is 3. The highest BCUT2D eigenvalue weighted by Crippen LogP contribution is 2.27. The molecule has 0 amide bonds. The van der Waals surface area contributed by atoms with Gasteiger partial charge in [0.2, 0.25) is 0 Å². The third-order valence-electron chi connectivity index (χ3n) is 3.71. The van der Waals surface area contributed by atoms with Gasteiger partial charge in [-0.05, 0) is 31.0 Å². The lowest BCUT2D eigenvalue weighted by atomic mass is 9.92. The lowest BCUT2D eigenvalue weighted by Crippen LogP contribution is -2.38. The van der Waals surface area contributed by atoms with Crippen LogP contribution in [0.1, 0.15) is 35.6 Å². The minimum Gasteiger partial charge on any atom is -0.391 e. The molecular formula is C16H17ClN4O.